The maximum absolute atomic E-state index is 14.4. The van der Waals surface area contributed by atoms with Crippen LogP contribution in [0.1, 0.15) is 96.9 Å². The Bertz CT molecular complexity index is 1160. The summed E-state index contributed by atoms with van der Waals surface area (Å²) in [5.41, 5.74) is 3.87. The summed E-state index contributed by atoms with van der Waals surface area (Å²) in [6.45, 7) is 22.8. The third-order valence-electron chi connectivity index (χ3n) is 9.54. The zero-order chi connectivity index (χ0) is 28.7. The first-order chi connectivity index (χ1) is 17.4. The third kappa shape index (κ3) is 6.36. The maximum atomic E-state index is 14.4. The van der Waals surface area contributed by atoms with Crippen LogP contribution in [0.25, 0.3) is 0 Å². The molecular weight excluding hydrogens is 472 g/mol. The van der Waals surface area contributed by atoms with E-state index >= 15 is 0 Å². The summed E-state index contributed by atoms with van der Waals surface area (Å²) in [6.07, 6.45) is 3.05. The third-order valence-corrected chi connectivity index (χ3v) is 9.54. The van der Waals surface area contributed by atoms with Gasteiger partial charge in [0, 0.05) is 12.1 Å². The first kappa shape index (κ1) is 30.4. The molecule has 0 heterocycles. The highest BCUT2D eigenvalue weighted by Gasteiger charge is 2.51. The monoisotopic (exact) mass is 521 g/mol. The topological polar surface area (TPSA) is 38.3 Å². The lowest BCUT2D eigenvalue weighted by Crippen LogP contribution is -2.51. The Morgan fingerprint density at radius 2 is 1.66 bits per heavy atom. The molecule has 3 rings (SSSR count). The van der Waals surface area contributed by atoms with Crippen LogP contribution >= 0.6 is 0 Å². The molecule has 0 radical (unpaired) electrons. The largest absolute Gasteiger partial charge is 0.426 e. The molecule has 1 fully saturated rings. The first-order valence-corrected chi connectivity index (χ1v) is 14.3. The molecule has 1 aliphatic rings. The standard InChI is InChI=1S/C33H49BFNO2/c1-12-24(4)31(7,8)32(9,10)38-34(11)28-20-27(16-14-23(28)3)36-29(37)33(17-18-33)26-15-13-22(2)25(19-26)21-30(5,6)35/h13-16,19-20,24H,12,17-18,21H2,1-11H3,(H,36,37). The van der Waals surface area contributed by atoms with Crippen molar-refractivity contribution in [1.82, 2.24) is 0 Å². The summed E-state index contributed by atoms with van der Waals surface area (Å²) in [5, 5.41) is 3.20. The van der Waals surface area contributed by atoms with Gasteiger partial charge in [0.05, 0.1) is 11.0 Å². The summed E-state index contributed by atoms with van der Waals surface area (Å²) in [5.74, 6) is 0.526. The van der Waals surface area contributed by atoms with Crippen molar-refractivity contribution < 1.29 is 13.8 Å². The minimum atomic E-state index is -1.29. The molecule has 1 amide bonds. The predicted octanol–water partition coefficient (Wildman–Crippen LogP) is 7.96. The highest BCUT2D eigenvalue weighted by atomic mass is 19.1. The number of benzene rings is 2. The summed E-state index contributed by atoms with van der Waals surface area (Å²) in [6, 6.07) is 12.2. The molecule has 5 heteroatoms. The van der Waals surface area contributed by atoms with Crippen LogP contribution in [-0.2, 0) is 21.3 Å². The summed E-state index contributed by atoms with van der Waals surface area (Å²) >= 11 is 0. The van der Waals surface area contributed by atoms with Crippen molar-refractivity contribution in [3.63, 3.8) is 0 Å². The lowest BCUT2D eigenvalue weighted by Gasteiger charge is -2.47. The zero-order valence-corrected chi connectivity index (χ0v) is 25.6. The van der Waals surface area contributed by atoms with Gasteiger partial charge in [0.15, 0.2) is 0 Å². The van der Waals surface area contributed by atoms with Gasteiger partial charge in [-0.25, -0.2) is 4.39 Å². The molecular formula is C33H49BFNO2. The van der Waals surface area contributed by atoms with Crippen molar-refractivity contribution in [2.24, 2.45) is 11.3 Å². The number of rotatable bonds is 11. The average Bonchev–Trinajstić information content (AvgIpc) is 3.62. The van der Waals surface area contributed by atoms with Crippen LogP contribution in [0.4, 0.5) is 10.1 Å². The Balaban J connectivity index is 1.81. The fraction of sp³-hybridized carbons (Fsp3) is 0.606. The van der Waals surface area contributed by atoms with Crippen LogP contribution in [0.2, 0.25) is 6.82 Å². The molecule has 0 aliphatic heterocycles. The first-order valence-electron chi connectivity index (χ1n) is 14.3. The van der Waals surface area contributed by atoms with Crippen molar-refractivity contribution in [2.45, 2.75) is 118 Å². The molecule has 0 bridgehead atoms. The van der Waals surface area contributed by atoms with Gasteiger partial charge in [-0.05, 0) is 100 Å². The van der Waals surface area contributed by atoms with Crippen LogP contribution in [0.3, 0.4) is 0 Å². The molecule has 3 nitrogen and oxygen atoms in total. The van der Waals surface area contributed by atoms with Gasteiger partial charge in [0.2, 0.25) is 5.91 Å². The molecule has 1 N–H and O–H groups in total. The highest BCUT2D eigenvalue weighted by Crippen LogP contribution is 2.49. The van der Waals surface area contributed by atoms with E-state index in [1.807, 2.05) is 31.2 Å². The fourth-order valence-corrected chi connectivity index (χ4v) is 5.55. The van der Waals surface area contributed by atoms with E-state index in [4.69, 9.17) is 4.65 Å². The van der Waals surface area contributed by atoms with Crippen LogP contribution in [0.15, 0.2) is 36.4 Å². The molecule has 0 spiro atoms. The number of hydrogen-bond donors (Lipinski definition) is 1. The minimum Gasteiger partial charge on any atom is -0.426 e. The van der Waals surface area contributed by atoms with Crippen LogP contribution in [0.5, 0.6) is 0 Å². The van der Waals surface area contributed by atoms with Gasteiger partial charge in [-0.15, -0.1) is 0 Å². The van der Waals surface area contributed by atoms with E-state index in [0.29, 0.717) is 12.3 Å². The summed E-state index contributed by atoms with van der Waals surface area (Å²) in [7, 11) is 0. The van der Waals surface area contributed by atoms with Crippen molar-refractivity contribution in [1.29, 1.82) is 0 Å². The van der Waals surface area contributed by atoms with Crippen LogP contribution in [-0.4, -0.2) is 24.1 Å². The fourth-order valence-electron chi connectivity index (χ4n) is 5.55. The summed E-state index contributed by atoms with van der Waals surface area (Å²) < 4.78 is 21.1. The highest BCUT2D eigenvalue weighted by molar-refractivity contribution is 6.66. The number of carbonyl (C=O) groups is 1. The Labute approximate surface area is 231 Å². The second kappa shape index (κ2) is 10.8. The Morgan fingerprint density at radius 3 is 2.21 bits per heavy atom. The van der Waals surface area contributed by atoms with Crippen molar-refractivity contribution >= 4 is 24.0 Å². The smallest absolute Gasteiger partial charge is 0.324 e. The zero-order valence-electron chi connectivity index (χ0n) is 25.6. The number of anilines is 1. The van der Waals surface area contributed by atoms with Crippen LogP contribution in [0, 0.1) is 25.2 Å². The normalized spacial score (nSPS) is 16.2. The molecule has 1 aliphatic carbocycles. The van der Waals surface area contributed by atoms with Gasteiger partial charge in [-0.2, -0.15) is 0 Å². The molecule has 0 aromatic heterocycles. The van der Waals surface area contributed by atoms with Gasteiger partial charge < -0.3 is 9.97 Å². The number of halogens is 1. The van der Waals surface area contributed by atoms with Crippen molar-refractivity contribution in [3.8, 4) is 0 Å². The minimum absolute atomic E-state index is 0.00164. The number of hydrogen-bond acceptors (Lipinski definition) is 2. The molecule has 1 atom stereocenters. The Kier molecular flexibility index (Phi) is 8.64. The van der Waals surface area contributed by atoms with Crippen LogP contribution < -0.4 is 10.8 Å². The van der Waals surface area contributed by atoms with E-state index < -0.39 is 11.1 Å². The second-order valence-corrected chi connectivity index (χ2v) is 13.4. The van der Waals surface area contributed by atoms with Crippen molar-refractivity contribution in [3.05, 3.63) is 58.7 Å². The van der Waals surface area contributed by atoms with Gasteiger partial charge in [-0.1, -0.05) is 70.8 Å². The number of nitrogens with one attached hydrogen (secondary N) is 1. The lowest BCUT2D eigenvalue weighted by atomic mass is 9.59. The van der Waals surface area contributed by atoms with E-state index in [1.165, 1.54) is 0 Å². The Hall–Kier alpha value is -2.14. The van der Waals surface area contributed by atoms with E-state index in [2.05, 4.69) is 72.7 Å². The predicted molar refractivity (Wildman–Crippen MR) is 160 cm³/mol. The van der Waals surface area contributed by atoms with Gasteiger partial charge >= 0.3 is 6.92 Å². The SMILES string of the molecule is CCC(C)C(C)(C)C(C)(C)OB(C)c1cc(NC(=O)C2(c3ccc(C)c(CC(C)(C)F)c3)CC2)ccc1C. The maximum Gasteiger partial charge on any atom is 0.324 e. The van der Waals surface area contributed by atoms with Gasteiger partial charge in [-0.3, -0.25) is 4.79 Å². The van der Waals surface area contributed by atoms with Gasteiger partial charge in [0.1, 0.15) is 5.67 Å². The molecule has 0 saturated heterocycles. The molecule has 1 unspecified atom stereocenters. The molecule has 2 aromatic carbocycles. The molecule has 38 heavy (non-hydrogen) atoms. The lowest BCUT2D eigenvalue weighted by molar-refractivity contribution is -0.118. The summed E-state index contributed by atoms with van der Waals surface area (Å²) in [4.78, 5) is 13.6. The molecule has 208 valence electrons. The number of alkyl halides is 1. The van der Waals surface area contributed by atoms with E-state index in [0.717, 1.165) is 52.7 Å². The second-order valence-electron chi connectivity index (χ2n) is 13.4. The average molecular weight is 522 g/mol. The van der Waals surface area contributed by atoms with E-state index in [9.17, 15) is 9.18 Å². The number of carbonyl (C=O) groups excluding carboxylic acids is 1. The Morgan fingerprint density at radius 1 is 1.05 bits per heavy atom. The quantitative estimate of drug-likeness (QED) is 0.305. The van der Waals surface area contributed by atoms with Crippen molar-refractivity contribution in [2.75, 3.05) is 5.32 Å². The number of amides is 1. The van der Waals surface area contributed by atoms with E-state index in [1.54, 1.807) is 13.8 Å². The van der Waals surface area contributed by atoms with Gasteiger partial charge in [0.25, 0.3) is 0 Å². The number of aryl methyl sites for hydroxylation is 2. The van der Waals surface area contributed by atoms with E-state index in [-0.39, 0.29) is 23.8 Å². The molecule has 1 saturated carbocycles. The molecule has 2 aromatic rings.